The van der Waals surface area contributed by atoms with E-state index in [0.29, 0.717) is 5.92 Å². The third kappa shape index (κ3) is 1.59. The number of nitrogens with zero attached hydrogens (tertiary/aromatic N) is 1. The first-order valence-corrected chi connectivity index (χ1v) is 5.87. The summed E-state index contributed by atoms with van der Waals surface area (Å²) in [5.74, 6) is 0.467. The molecular formula is C14H15NO. The van der Waals surface area contributed by atoms with E-state index in [1.807, 2.05) is 24.3 Å². The van der Waals surface area contributed by atoms with Crippen LogP contribution in [0.25, 0.3) is 10.9 Å². The third-order valence-corrected chi connectivity index (χ3v) is 3.56. The van der Waals surface area contributed by atoms with Gasteiger partial charge < -0.3 is 5.11 Å². The second-order valence-corrected chi connectivity index (χ2v) is 4.59. The fourth-order valence-corrected chi connectivity index (χ4v) is 2.31. The Balaban J connectivity index is 1.97. The Morgan fingerprint density at radius 3 is 2.88 bits per heavy atom. The molecule has 1 unspecified atom stereocenters. The summed E-state index contributed by atoms with van der Waals surface area (Å²) in [5.41, 5.74) is 2.03. The molecule has 0 bridgehead atoms. The molecule has 1 fully saturated rings. The molecule has 1 atom stereocenters. The summed E-state index contributed by atoms with van der Waals surface area (Å²) in [4.78, 5) is 4.28. The maximum absolute atomic E-state index is 10.2. The van der Waals surface area contributed by atoms with Gasteiger partial charge in [-0.1, -0.05) is 18.6 Å². The van der Waals surface area contributed by atoms with E-state index in [4.69, 9.17) is 0 Å². The summed E-state index contributed by atoms with van der Waals surface area (Å²) in [6.07, 6.45) is 5.08. The zero-order valence-electron chi connectivity index (χ0n) is 9.13. The van der Waals surface area contributed by atoms with Crippen molar-refractivity contribution >= 4 is 10.9 Å². The minimum absolute atomic E-state index is 0.293. The number of pyridine rings is 1. The van der Waals surface area contributed by atoms with Gasteiger partial charge in [0.25, 0.3) is 0 Å². The van der Waals surface area contributed by atoms with E-state index in [0.717, 1.165) is 29.3 Å². The van der Waals surface area contributed by atoms with Gasteiger partial charge in [0.1, 0.15) is 0 Å². The normalized spacial score (nSPS) is 18.3. The molecule has 1 aliphatic rings. The van der Waals surface area contributed by atoms with Crippen LogP contribution in [-0.4, -0.2) is 10.1 Å². The number of hydrogen-bond donors (Lipinski definition) is 1. The summed E-state index contributed by atoms with van der Waals surface area (Å²) in [6.45, 7) is 0. The van der Waals surface area contributed by atoms with Crippen LogP contribution in [-0.2, 0) is 0 Å². The van der Waals surface area contributed by atoms with Gasteiger partial charge >= 0.3 is 0 Å². The van der Waals surface area contributed by atoms with E-state index in [-0.39, 0.29) is 6.10 Å². The van der Waals surface area contributed by atoms with Gasteiger partial charge in [0, 0.05) is 11.6 Å². The van der Waals surface area contributed by atoms with Gasteiger partial charge in [-0.15, -0.1) is 0 Å². The Kier molecular flexibility index (Phi) is 2.37. The van der Waals surface area contributed by atoms with Crippen LogP contribution in [0.5, 0.6) is 0 Å². The van der Waals surface area contributed by atoms with Gasteiger partial charge in [-0.2, -0.15) is 0 Å². The summed E-state index contributed by atoms with van der Waals surface area (Å²) in [5, 5.41) is 11.3. The molecule has 16 heavy (non-hydrogen) atoms. The Morgan fingerprint density at radius 1 is 1.25 bits per heavy atom. The molecule has 1 heterocycles. The molecule has 1 saturated carbocycles. The van der Waals surface area contributed by atoms with Crippen LogP contribution in [0.2, 0.25) is 0 Å². The van der Waals surface area contributed by atoms with Crippen molar-refractivity contribution in [2.45, 2.75) is 25.4 Å². The number of fused-ring (bicyclic) bond motifs is 1. The van der Waals surface area contributed by atoms with Gasteiger partial charge in [0.15, 0.2) is 0 Å². The van der Waals surface area contributed by atoms with Crippen LogP contribution >= 0.6 is 0 Å². The van der Waals surface area contributed by atoms with Crippen LogP contribution < -0.4 is 0 Å². The molecule has 3 rings (SSSR count). The Labute approximate surface area is 94.9 Å². The smallest absolute Gasteiger partial charge is 0.0818 e. The van der Waals surface area contributed by atoms with Crippen molar-refractivity contribution in [3.63, 3.8) is 0 Å². The Bertz CT molecular complexity index is 505. The highest BCUT2D eigenvalue weighted by Crippen LogP contribution is 2.37. The molecule has 0 amide bonds. The van der Waals surface area contributed by atoms with Crippen LogP contribution in [0.1, 0.15) is 30.9 Å². The van der Waals surface area contributed by atoms with Crippen molar-refractivity contribution in [1.29, 1.82) is 0 Å². The van der Waals surface area contributed by atoms with Crippen LogP contribution in [0.15, 0.2) is 36.5 Å². The van der Waals surface area contributed by atoms with Crippen molar-refractivity contribution in [2.75, 3.05) is 0 Å². The molecule has 1 aliphatic carbocycles. The molecule has 1 aromatic carbocycles. The van der Waals surface area contributed by atoms with E-state index in [1.54, 1.807) is 6.20 Å². The topological polar surface area (TPSA) is 33.1 Å². The minimum Gasteiger partial charge on any atom is -0.388 e. The van der Waals surface area contributed by atoms with Crippen molar-refractivity contribution in [3.8, 4) is 0 Å². The molecule has 0 radical (unpaired) electrons. The van der Waals surface area contributed by atoms with Gasteiger partial charge in [0.2, 0.25) is 0 Å². The predicted octanol–water partition coefficient (Wildman–Crippen LogP) is 3.07. The van der Waals surface area contributed by atoms with E-state index >= 15 is 0 Å². The number of benzene rings is 1. The lowest BCUT2D eigenvalue weighted by Gasteiger charge is -2.30. The molecular weight excluding hydrogens is 198 g/mol. The van der Waals surface area contributed by atoms with E-state index in [1.165, 1.54) is 6.42 Å². The number of aromatic nitrogens is 1. The highest BCUT2D eigenvalue weighted by Gasteiger charge is 2.26. The summed E-state index contributed by atoms with van der Waals surface area (Å²) >= 11 is 0. The highest BCUT2D eigenvalue weighted by molar-refractivity contribution is 5.79. The number of aliphatic hydroxyl groups excluding tert-OH is 1. The van der Waals surface area contributed by atoms with Crippen molar-refractivity contribution in [2.24, 2.45) is 5.92 Å². The molecule has 1 aromatic heterocycles. The summed E-state index contributed by atoms with van der Waals surface area (Å²) in [6, 6.07) is 10.0. The minimum atomic E-state index is -0.293. The largest absolute Gasteiger partial charge is 0.388 e. The molecule has 0 aliphatic heterocycles. The van der Waals surface area contributed by atoms with Crippen LogP contribution in [0.4, 0.5) is 0 Å². The first-order chi connectivity index (χ1) is 7.84. The molecule has 0 spiro atoms. The van der Waals surface area contributed by atoms with E-state index < -0.39 is 0 Å². The zero-order chi connectivity index (χ0) is 11.0. The van der Waals surface area contributed by atoms with Crippen molar-refractivity contribution in [3.05, 3.63) is 42.1 Å². The lowest BCUT2D eigenvalue weighted by molar-refractivity contribution is 0.0622. The lowest BCUT2D eigenvalue weighted by Crippen LogP contribution is -2.19. The Hall–Kier alpha value is -1.41. The predicted molar refractivity (Wildman–Crippen MR) is 64.0 cm³/mol. The average Bonchev–Trinajstić information content (AvgIpc) is 2.26. The quantitative estimate of drug-likeness (QED) is 0.831. The van der Waals surface area contributed by atoms with Gasteiger partial charge in [-0.25, -0.2) is 0 Å². The second kappa shape index (κ2) is 3.87. The van der Waals surface area contributed by atoms with Gasteiger partial charge in [-0.05, 0) is 42.5 Å². The number of aliphatic hydroxyl groups is 1. The average molecular weight is 213 g/mol. The highest BCUT2D eigenvalue weighted by atomic mass is 16.3. The van der Waals surface area contributed by atoms with Crippen LogP contribution in [0, 0.1) is 5.92 Å². The number of rotatable bonds is 2. The summed E-state index contributed by atoms with van der Waals surface area (Å²) < 4.78 is 0. The SMILES string of the molecule is OC(c1ccc2ncccc2c1)C1CCC1. The monoisotopic (exact) mass is 213 g/mol. The zero-order valence-corrected chi connectivity index (χ0v) is 9.13. The molecule has 1 N–H and O–H groups in total. The maximum atomic E-state index is 10.2. The molecule has 0 saturated heterocycles. The molecule has 2 nitrogen and oxygen atoms in total. The van der Waals surface area contributed by atoms with Gasteiger partial charge in [0.05, 0.1) is 11.6 Å². The first kappa shape index (κ1) is 9.79. The fourth-order valence-electron chi connectivity index (χ4n) is 2.31. The lowest BCUT2D eigenvalue weighted by atomic mass is 9.78. The van der Waals surface area contributed by atoms with Crippen LogP contribution in [0.3, 0.4) is 0 Å². The van der Waals surface area contributed by atoms with Crippen molar-refractivity contribution < 1.29 is 5.11 Å². The number of hydrogen-bond acceptors (Lipinski definition) is 2. The fraction of sp³-hybridized carbons (Fsp3) is 0.357. The first-order valence-electron chi connectivity index (χ1n) is 5.87. The third-order valence-electron chi connectivity index (χ3n) is 3.56. The maximum Gasteiger partial charge on any atom is 0.0818 e. The standard InChI is InChI=1S/C14H15NO/c16-14(10-3-1-4-10)12-6-7-13-11(9-12)5-2-8-15-13/h2,5-10,14,16H,1,3-4H2. The molecule has 2 aromatic rings. The summed E-state index contributed by atoms with van der Waals surface area (Å²) in [7, 11) is 0. The van der Waals surface area contributed by atoms with E-state index in [2.05, 4.69) is 11.1 Å². The van der Waals surface area contributed by atoms with E-state index in [9.17, 15) is 5.11 Å². The van der Waals surface area contributed by atoms with Crippen molar-refractivity contribution in [1.82, 2.24) is 4.98 Å². The second-order valence-electron chi connectivity index (χ2n) is 4.59. The molecule has 2 heteroatoms. The van der Waals surface area contributed by atoms with Gasteiger partial charge in [-0.3, -0.25) is 4.98 Å². The Morgan fingerprint density at radius 2 is 2.12 bits per heavy atom. The molecule has 82 valence electrons.